The Balaban J connectivity index is 3.04. The fourth-order valence-corrected chi connectivity index (χ4v) is 1.46. The molecule has 1 aromatic carbocycles. The zero-order chi connectivity index (χ0) is 11.4. The van der Waals surface area contributed by atoms with Crippen molar-refractivity contribution in [1.82, 2.24) is 0 Å². The number of aromatic carboxylic acids is 1. The van der Waals surface area contributed by atoms with E-state index in [-0.39, 0.29) is 5.56 Å². The minimum atomic E-state index is -0.924. The van der Waals surface area contributed by atoms with Crippen LogP contribution in [0.3, 0.4) is 0 Å². The van der Waals surface area contributed by atoms with Crippen LogP contribution in [0, 0.1) is 13.8 Å². The third-order valence-electron chi connectivity index (χ3n) is 2.07. The quantitative estimate of drug-likeness (QED) is 0.784. The van der Waals surface area contributed by atoms with E-state index in [0.717, 1.165) is 16.9 Å². The average Bonchev–Trinajstić information content (AvgIpc) is 2.16. The Kier molecular flexibility index (Phi) is 3.68. The Labute approximate surface area is 88.7 Å². The molecule has 0 atom stereocenters. The number of aryl methyl sites for hydroxylation is 2. The standard InChI is InChI=1S/C11H15NO3/c1-7-5-9(11(13)14)6-8(2)10(7)15-4-3-12/h5-6H,3-4,12H2,1-2H3,(H,13,14). The lowest BCUT2D eigenvalue weighted by Crippen LogP contribution is -2.12. The molecular weight excluding hydrogens is 194 g/mol. The molecule has 1 aromatic rings. The van der Waals surface area contributed by atoms with Crippen LogP contribution >= 0.6 is 0 Å². The number of benzene rings is 1. The van der Waals surface area contributed by atoms with E-state index in [1.165, 1.54) is 0 Å². The van der Waals surface area contributed by atoms with Crippen molar-refractivity contribution in [2.24, 2.45) is 5.73 Å². The maximum atomic E-state index is 10.8. The van der Waals surface area contributed by atoms with Gasteiger partial charge >= 0.3 is 5.97 Å². The van der Waals surface area contributed by atoms with Crippen LogP contribution in [0.1, 0.15) is 21.5 Å². The number of nitrogens with two attached hydrogens (primary N) is 1. The number of carboxylic acid groups (broad SMARTS) is 1. The normalized spacial score (nSPS) is 10.1. The summed E-state index contributed by atoms with van der Waals surface area (Å²) in [6, 6.07) is 3.20. The van der Waals surface area contributed by atoms with Crippen LogP contribution in [0.4, 0.5) is 0 Å². The van der Waals surface area contributed by atoms with Gasteiger partial charge in [0.05, 0.1) is 5.56 Å². The number of carbonyl (C=O) groups is 1. The average molecular weight is 209 g/mol. The highest BCUT2D eigenvalue weighted by atomic mass is 16.5. The van der Waals surface area contributed by atoms with Gasteiger partial charge in [-0.3, -0.25) is 0 Å². The Hall–Kier alpha value is -1.55. The second-order valence-electron chi connectivity index (χ2n) is 3.38. The Morgan fingerprint density at radius 2 is 1.93 bits per heavy atom. The van der Waals surface area contributed by atoms with Crippen LogP contribution < -0.4 is 10.5 Å². The second kappa shape index (κ2) is 4.79. The molecule has 0 heterocycles. The molecule has 0 aliphatic heterocycles. The zero-order valence-electron chi connectivity index (χ0n) is 8.91. The maximum Gasteiger partial charge on any atom is 0.335 e. The number of carboxylic acids is 1. The summed E-state index contributed by atoms with van der Waals surface area (Å²) in [6.07, 6.45) is 0. The molecule has 0 aromatic heterocycles. The number of hydrogen-bond acceptors (Lipinski definition) is 3. The summed E-state index contributed by atoms with van der Waals surface area (Å²) >= 11 is 0. The molecule has 4 heteroatoms. The summed E-state index contributed by atoms with van der Waals surface area (Å²) in [5.74, 6) is -0.197. The van der Waals surface area contributed by atoms with Gasteiger partial charge in [0.1, 0.15) is 12.4 Å². The van der Waals surface area contributed by atoms with Crippen molar-refractivity contribution in [3.8, 4) is 5.75 Å². The molecule has 0 unspecified atom stereocenters. The van der Waals surface area contributed by atoms with Crippen LogP contribution in [0.15, 0.2) is 12.1 Å². The molecule has 0 aliphatic rings. The van der Waals surface area contributed by atoms with E-state index in [2.05, 4.69) is 0 Å². The van der Waals surface area contributed by atoms with Crippen molar-refractivity contribution < 1.29 is 14.6 Å². The molecule has 0 aliphatic carbocycles. The lowest BCUT2D eigenvalue weighted by atomic mass is 10.1. The summed E-state index contributed by atoms with van der Waals surface area (Å²) in [6.45, 7) is 4.53. The van der Waals surface area contributed by atoms with Gasteiger partial charge in [-0.1, -0.05) is 0 Å². The summed E-state index contributed by atoms with van der Waals surface area (Å²) < 4.78 is 5.43. The van der Waals surface area contributed by atoms with Crippen molar-refractivity contribution >= 4 is 5.97 Å². The van der Waals surface area contributed by atoms with Gasteiger partial charge in [0.15, 0.2) is 0 Å². The summed E-state index contributed by atoms with van der Waals surface area (Å²) in [4.78, 5) is 10.8. The van der Waals surface area contributed by atoms with Crippen molar-refractivity contribution in [2.75, 3.05) is 13.2 Å². The molecule has 0 fully saturated rings. The maximum absolute atomic E-state index is 10.8. The van der Waals surface area contributed by atoms with E-state index in [1.54, 1.807) is 12.1 Å². The third kappa shape index (κ3) is 2.70. The van der Waals surface area contributed by atoms with E-state index >= 15 is 0 Å². The lowest BCUT2D eigenvalue weighted by Gasteiger charge is -2.12. The van der Waals surface area contributed by atoms with Gasteiger partial charge < -0.3 is 15.6 Å². The third-order valence-corrected chi connectivity index (χ3v) is 2.07. The first-order valence-electron chi connectivity index (χ1n) is 4.73. The molecule has 82 valence electrons. The number of rotatable bonds is 4. The molecule has 0 saturated carbocycles. The summed E-state index contributed by atoms with van der Waals surface area (Å²) in [7, 11) is 0. The number of ether oxygens (including phenoxy) is 1. The Morgan fingerprint density at radius 1 is 1.40 bits per heavy atom. The SMILES string of the molecule is Cc1cc(C(=O)O)cc(C)c1OCCN. The molecular formula is C11H15NO3. The van der Waals surface area contributed by atoms with Crippen LogP contribution in [0.2, 0.25) is 0 Å². The van der Waals surface area contributed by atoms with Crippen LogP contribution in [-0.2, 0) is 0 Å². The van der Waals surface area contributed by atoms with Crippen LogP contribution in [0.25, 0.3) is 0 Å². The van der Waals surface area contributed by atoms with Crippen molar-refractivity contribution in [1.29, 1.82) is 0 Å². The van der Waals surface area contributed by atoms with Gasteiger partial charge in [-0.25, -0.2) is 4.79 Å². The van der Waals surface area contributed by atoms with Gasteiger partial charge in [0.2, 0.25) is 0 Å². The van der Waals surface area contributed by atoms with Crippen molar-refractivity contribution in [3.63, 3.8) is 0 Å². The smallest absolute Gasteiger partial charge is 0.335 e. The first kappa shape index (κ1) is 11.5. The lowest BCUT2D eigenvalue weighted by molar-refractivity contribution is 0.0696. The Bertz CT molecular complexity index is 351. The highest BCUT2D eigenvalue weighted by Crippen LogP contribution is 2.24. The fourth-order valence-electron chi connectivity index (χ4n) is 1.46. The molecule has 3 N–H and O–H groups in total. The first-order valence-corrected chi connectivity index (χ1v) is 4.73. The predicted molar refractivity (Wildman–Crippen MR) is 57.4 cm³/mol. The van der Waals surface area contributed by atoms with Crippen LogP contribution in [0.5, 0.6) is 5.75 Å². The second-order valence-corrected chi connectivity index (χ2v) is 3.38. The Morgan fingerprint density at radius 3 is 2.33 bits per heavy atom. The minimum absolute atomic E-state index is 0.282. The van der Waals surface area contributed by atoms with E-state index in [0.29, 0.717) is 13.2 Å². The van der Waals surface area contributed by atoms with Gasteiger partial charge in [-0.05, 0) is 37.1 Å². The van der Waals surface area contributed by atoms with E-state index in [4.69, 9.17) is 15.6 Å². The van der Waals surface area contributed by atoms with Crippen molar-refractivity contribution in [2.45, 2.75) is 13.8 Å². The van der Waals surface area contributed by atoms with Gasteiger partial charge in [0.25, 0.3) is 0 Å². The van der Waals surface area contributed by atoms with Crippen molar-refractivity contribution in [3.05, 3.63) is 28.8 Å². The predicted octanol–water partition coefficient (Wildman–Crippen LogP) is 1.34. The first-order chi connectivity index (χ1) is 7.06. The summed E-state index contributed by atoms with van der Waals surface area (Å²) in [5.41, 5.74) is 7.26. The molecule has 0 spiro atoms. The molecule has 0 amide bonds. The highest BCUT2D eigenvalue weighted by molar-refractivity contribution is 5.88. The molecule has 0 saturated heterocycles. The van der Waals surface area contributed by atoms with Gasteiger partial charge in [-0.2, -0.15) is 0 Å². The highest BCUT2D eigenvalue weighted by Gasteiger charge is 2.10. The van der Waals surface area contributed by atoms with Gasteiger partial charge in [0, 0.05) is 6.54 Å². The molecule has 4 nitrogen and oxygen atoms in total. The van der Waals surface area contributed by atoms with E-state index < -0.39 is 5.97 Å². The fraction of sp³-hybridized carbons (Fsp3) is 0.364. The molecule has 1 rings (SSSR count). The summed E-state index contributed by atoms with van der Waals surface area (Å²) in [5, 5.41) is 8.84. The minimum Gasteiger partial charge on any atom is -0.492 e. The topological polar surface area (TPSA) is 72.5 Å². The molecule has 15 heavy (non-hydrogen) atoms. The molecule has 0 radical (unpaired) electrons. The zero-order valence-corrected chi connectivity index (χ0v) is 8.91. The molecule has 0 bridgehead atoms. The van der Waals surface area contributed by atoms with E-state index in [1.807, 2.05) is 13.8 Å². The van der Waals surface area contributed by atoms with E-state index in [9.17, 15) is 4.79 Å². The number of hydrogen-bond donors (Lipinski definition) is 2. The van der Waals surface area contributed by atoms with Gasteiger partial charge in [-0.15, -0.1) is 0 Å². The van der Waals surface area contributed by atoms with Crippen LogP contribution in [-0.4, -0.2) is 24.2 Å². The largest absolute Gasteiger partial charge is 0.492 e. The monoisotopic (exact) mass is 209 g/mol.